The molecule has 0 spiro atoms. The van der Waals surface area contributed by atoms with Crippen molar-refractivity contribution in [3.05, 3.63) is 0 Å². The highest BCUT2D eigenvalue weighted by molar-refractivity contribution is 5.81. The summed E-state index contributed by atoms with van der Waals surface area (Å²) in [4.78, 5) is 13.6. The Kier molecular flexibility index (Phi) is 2.92. The third-order valence-corrected chi connectivity index (χ3v) is 5.58. The van der Waals surface area contributed by atoms with Gasteiger partial charge in [-0.2, -0.15) is 0 Å². The molecule has 4 saturated carbocycles. The summed E-state index contributed by atoms with van der Waals surface area (Å²) in [6, 6.07) is -0.281. The lowest BCUT2D eigenvalue weighted by molar-refractivity contribution is -0.132. The van der Waals surface area contributed by atoms with E-state index in [1.165, 1.54) is 38.5 Å². The van der Waals surface area contributed by atoms with E-state index in [1.54, 1.807) is 4.90 Å². The minimum Gasteiger partial charge on any atom is -0.347 e. The van der Waals surface area contributed by atoms with Crippen LogP contribution in [-0.2, 0) is 4.79 Å². The van der Waals surface area contributed by atoms with Crippen LogP contribution in [0.2, 0.25) is 0 Å². The summed E-state index contributed by atoms with van der Waals surface area (Å²) in [6.07, 6.45) is 9.31. The summed E-state index contributed by atoms with van der Waals surface area (Å²) >= 11 is 0. The van der Waals surface area contributed by atoms with Gasteiger partial charge in [0.2, 0.25) is 5.91 Å². The van der Waals surface area contributed by atoms with E-state index < -0.39 is 0 Å². The number of carbonyl (C=O) groups is 1. The molecule has 0 heterocycles. The largest absolute Gasteiger partial charge is 0.347 e. The topological polar surface area (TPSA) is 46.3 Å². The van der Waals surface area contributed by atoms with Crippen LogP contribution in [0.3, 0.4) is 0 Å². The van der Waals surface area contributed by atoms with Crippen molar-refractivity contribution in [1.29, 1.82) is 0 Å². The molecule has 4 fully saturated rings. The Morgan fingerprint density at radius 3 is 2.00 bits per heavy atom. The van der Waals surface area contributed by atoms with Crippen molar-refractivity contribution in [3.8, 4) is 0 Å². The van der Waals surface area contributed by atoms with Crippen LogP contribution in [0.15, 0.2) is 0 Å². The van der Waals surface area contributed by atoms with Crippen LogP contribution in [0.4, 0.5) is 0 Å². The predicted molar refractivity (Wildman–Crippen MR) is 71.9 cm³/mol. The number of nitrogens with two attached hydrogens (primary N) is 1. The van der Waals surface area contributed by atoms with E-state index in [0.717, 1.165) is 24.2 Å². The second-order valence-electron chi connectivity index (χ2n) is 7.46. The lowest BCUT2D eigenvalue weighted by Crippen LogP contribution is -2.51. The van der Waals surface area contributed by atoms with E-state index in [2.05, 4.69) is 0 Å². The van der Waals surface area contributed by atoms with Gasteiger partial charge in [0.05, 0.1) is 6.04 Å². The molecule has 2 N–H and O–H groups in total. The maximum absolute atomic E-state index is 12.0. The SMILES string of the molecule is CN(C)C(=O)C(N)CC12CC3CC(CC(C3)C1)C2. The zero-order valence-corrected chi connectivity index (χ0v) is 11.7. The minimum atomic E-state index is -0.281. The molecule has 3 heteroatoms. The third-order valence-electron chi connectivity index (χ3n) is 5.58. The van der Waals surface area contributed by atoms with Crippen molar-refractivity contribution in [2.45, 2.75) is 51.0 Å². The lowest BCUT2D eigenvalue weighted by Gasteiger charge is -2.57. The van der Waals surface area contributed by atoms with E-state index in [1.807, 2.05) is 14.1 Å². The molecule has 4 rings (SSSR count). The molecule has 4 aliphatic rings. The van der Waals surface area contributed by atoms with Gasteiger partial charge in [0, 0.05) is 14.1 Å². The maximum Gasteiger partial charge on any atom is 0.238 e. The normalized spacial score (nSPS) is 42.9. The first-order valence-electron chi connectivity index (χ1n) is 7.44. The molecule has 0 aromatic heterocycles. The standard InChI is InChI=1S/C15H26N2O/c1-17(2)14(18)13(16)9-15-6-10-3-11(7-15)5-12(4-10)8-15/h10-13H,3-9,16H2,1-2H3. The molecule has 1 unspecified atom stereocenters. The van der Waals surface area contributed by atoms with Crippen molar-refractivity contribution in [2.24, 2.45) is 28.9 Å². The highest BCUT2D eigenvalue weighted by atomic mass is 16.2. The molecule has 18 heavy (non-hydrogen) atoms. The van der Waals surface area contributed by atoms with E-state index in [4.69, 9.17) is 5.73 Å². The molecule has 0 aromatic carbocycles. The smallest absolute Gasteiger partial charge is 0.238 e. The summed E-state index contributed by atoms with van der Waals surface area (Å²) in [6.45, 7) is 0. The van der Waals surface area contributed by atoms with Gasteiger partial charge in [0.25, 0.3) is 0 Å². The van der Waals surface area contributed by atoms with Gasteiger partial charge in [-0.3, -0.25) is 4.79 Å². The molecule has 102 valence electrons. The molecule has 0 saturated heterocycles. The highest BCUT2D eigenvalue weighted by Gasteiger charge is 2.51. The van der Waals surface area contributed by atoms with Gasteiger partial charge in [-0.05, 0) is 68.1 Å². The Hall–Kier alpha value is -0.570. The molecule has 1 atom stereocenters. The molecular formula is C15H26N2O. The van der Waals surface area contributed by atoms with Crippen LogP contribution < -0.4 is 5.73 Å². The van der Waals surface area contributed by atoms with Crippen LogP contribution in [-0.4, -0.2) is 30.9 Å². The quantitative estimate of drug-likeness (QED) is 0.833. The van der Waals surface area contributed by atoms with E-state index in [9.17, 15) is 4.79 Å². The molecule has 0 aliphatic heterocycles. The summed E-state index contributed by atoms with van der Waals surface area (Å²) in [7, 11) is 3.61. The second-order valence-corrected chi connectivity index (χ2v) is 7.46. The summed E-state index contributed by atoms with van der Waals surface area (Å²) < 4.78 is 0. The molecule has 3 nitrogen and oxygen atoms in total. The second kappa shape index (κ2) is 4.22. The summed E-state index contributed by atoms with van der Waals surface area (Å²) in [5, 5.41) is 0. The molecule has 1 amide bonds. The molecule has 0 aromatic rings. The van der Waals surface area contributed by atoms with E-state index >= 15 is 0 Å². The van der Waals surface area contributed by atoms with E-state index in [0.29, 0.717) is 5.41 Å². The number of likely N-dealkylation sites (N-methyl/N-ethyl adjacent to an activating group) is 1. The molecule has 4 bridgehead atoms. The van der Waals surface area contributed by atoms with E-state index in [-0.39, 0.29) is 11.9 Å². The Morgan fingerprint density at radius 1 is 1.17 bits per heavy atom. The van der Waals surface area contributed by atoms with Gasteiger partial charge in [0.15, 0.2) is 0 Å². The Balaban J connectivity index is 1.70. The van der Waals surface area contributed by atoms with Crippen LogP contribution in [0.25, 0.3) is 0 Å². The van der Waals surface area contributed by atoms with Gasteiger partial charge in [-0.25, -0.2) is 0 Å². The van der Waals surface area contributed by atoms with Crippen LogP contribution in [0, 0.1) is 23.2 Å². The van der Waals surface area contributed by atoms with Crippen LogP contribution >= 0.6 is 0 Å². The average molecular weight is 250 g/mol. The first-order valence-corrected chi connectivity index (χ1v) is 7.44. The zero-order valence-electron chi connectivity index (χ0n) is 11.7. The minimum absolute atomic E-state index is 0.103. The number of nitrogens with zero attached hydrogens (tertiary/aromatic N) is 1. The fourth-order valence-electron chi connectivity index (χ4n) is 5.43. The Bertz CT molecular complexity index is 315. The Labute approximate surface area is 110 Å². The van der Waals surface area contributed by atoms with Gasteiger partial charge in [0.1, 0.15) is 0 Å². The number of hydrogen-bond acceptors (Lipinski definition) is 2. The maximum atomic E-state index is 12.0. The summed E-state index contributed by atoms with van der Waals surface area (Å²) in [5.41, 5.74) is 6.56. The lowest BCUT2D eigenvalue weighted by atomic mass is 9.48. The number of amides is 1. The van der Waals surface area contributed by atoms with Crippen molar-refractivity contribution in [1.82, 2.24) is 4.90 Å². The van der Waals surface area contributed by atoms with Crippen LogP contribution in [0.1, 0.15) is 44.9 Å². The summed E-state index contributed by atoms with van der Waals surface area (Å²) in [5.74, 6) is 2.93. The first-order chi connectivity index (χ1) is 8.47. The van der Waals surface area contributed by atoms with Crippen molar-refractivity contribution >= 4 is 5.91 Å². The van der Waals surface area contributed by atoms with Gasteiger partial charge in [-0.15, -0.1) is 0 Å². The number of hydrogen-bond donors (Lipinski definition) is 1. The number of rotatable bonds is 3. The Morgan fingerprint density at radius 2 is 1.61 bits per heavy atom. The van der Waals surface area contributed by atoms with Crippen LogP contribution in [0.5, 0.6) is 0 Å². The van der Waals surface area contributed by atoms with Gasteiger partial charge >= 0.3 is 0 Å². The van der Waals surface area contributed by atoms with Crippen molar-refractivity contribution in [2.75, 3.05) is 14.1 Å². The fraction of sp³-hybridized carbons (Fsp3) is 0.933. The van der Waals surface area contributed by atoms with Gasteiger partial charge in [-0.1, -0.05) is 0 Å². The zero-order chi connectivity index (χ0) is 12.9. The van der Waals surface area contributed by atoms with Gasteiger partial charge < -0.3 is 10.6 Å². The van der Waals surface area contributed by atoms with Crippen molar-refractivity contribution < 1.29 is 4.79 Å². The monoisotopic (exact) mass is 250 g/mol. The first kappa shape index (κ1) is 12.5. The predicted octanol–water partition coefficient (Wildman–Crippen LogP) is 2.01. The average Bonchev–Trinajstić information content (AvgIpc) is 2.24. The number of carbonyl (C=O) groups excluding carboxylic acids is 1. The fourth-order valence-corrected chi connectivity index (χ4v) is 5.43. The van der Waals surface area contributed by atoms with Crippen molar-refractivity contribution in [3.63, 3.8) is 0 Å². The molecule has 4 aliphatic carbocycles. The third kappa shape index (κ3) is 2.07. The molecule has 0 radical (unpaired) electrons. The molecular weight excluding hydrogens is 224 g/mol. The highest BCUT2D eigenvalue weighted by Crippen LogP contribution is 2.61.